The number of carbonyl (C=O) groups excluding carboxylic acids is 1. The van der Waals surface area contributed by atoms with Gasteiger partial charge in [-0.2, -0.15) is 0 Å². The number of pyridine rings is 1. The van der Waals surface area contributed by atoms with Crippen LogP contribution in [0.15, 0.2) is 42.7 Å². The van der Waals surface area contributed by atoms with E-state index in [1.165, 1.54) is 0 Å². The number of esters is 1. The Labute approximate surface area is 209 Å². The van der Waals surface area contributed by atoms with Crippen molar-refractivity contribution in [3.8, 4) is 16.3 Å². The van der Waals surface area contributed by atoms with Gasteiger partial charge < -0.3 is 19.9 Å². The molecule has 0 bridgehead atoms. The van der Waals surface area contributed by atoms with Gasteiger partial charge in [0, 0.05) is 42.2 Å². The summed E-state index contributed by atoms with van der Waals surface area (Å²) in [7, 11) is 0. The van der Waals surface area contributed by atoms with Crippen LogP contribution >= 0.6 is 11.3 Å². The molecule has 2 N–H and O–H groups in total. The molecule has 3 aromatic rings. The molecule has 3 rings (SSSR count). The molecule has 0 amide bonds. The highest BCUT2D eigenvalue weighted by Crippen LogP contribution is 2.27. The standard InChI is InChI=1S/C26H31N3O5S/c1-17(2)34-25(32)16-28-15-21-14-22(6-4-19(21)5-7-24(30)31)33-13-10-23-18(3)35-26(29-23)20-8-11-27-12-9-20/h4,6,8-9,11-12,14,17,28H,5,7,10,13,15-16H2,1-3H3,(H,30,31). The second-order valence-electron chi connectivity index (χ2n) is 8.32. The van der Waals surface area contributed by atoms with Crippen molar-refractivity contribution >= 4 is 23.3 Å². The van der Waals surface area contributed by atoms with Gasteiger partial charge in [-0.15, -0.1) is 11.3 Å². The highest BCUT2D eigenvalue weighted by Gasteiger charge is 2.12. The quantitative estimate of drug-likeness (QED) is 0.338. The van der Waals surface area contributed by atoms with Crippen LogP contribution in [0.4, 0.5) is 0 Å². The van der Waals surface area contributed by atoms with Crippen molar-refractivity contribution in [2.24, 2.45) is 0 Å². The molecular formula is C26H31N3O5S. The van der Waals surface area contributed by atoms with Crippen LogP contribution in [0.5, 0.6) is 5.75 Å². The first kappa shape index (κ1) is 26.3. The Morgan fingerprint density at radius 3 is 2.60 bits per heavy atom. The van der Waals surface area contributed by atoms with E-state index < -0.39 is 5.97 Å². The number of nitrogens with zero attached hydrogens (tertiary/aromatic N) is 2. The van der Waals surface area contributed by atoms with Crippen LogP contribution in [0, 0.1) is 6.92 Å². The van der Waals surface area contributed by atoms with Gasteiger partial charge in [0.05, 0.1) is 24.9 Å². The van der Waals surface area contributed by atoms with E-state index >= 15 is 0 Å². The smallest absolute Gasteiger partial charge is 0.320 e. The average molecular weight is 498 g/mol. The number of benzene rings is 1. The largest absolute Gasteiger partial charge is 0.493 e. The zero-order valence-electron chi connectivity index (χ0n) is 20.2. The molecule has 9 heteroatoms. The lowest BCUT2D eigenvalue weighted by atomic mass is 10.0. The van der Waals surface area contributed by atoms with Crippen LogP contribution < -0.4 is 10.1 Å². The molecular weight excluding hydrogens is 466 g/mol. The minimum Gasteiger partial charge on any atom is -0.493 e. The number of hydrogen-bond donors (Lipinski definition) is 2. The number of aliphatic carboxylic acids is 1. The number of aromatic nitrogens is 2. The Hall–Kier alpha value is -3.30. The van der Waals surface area contributed by atoms with Crippen LogP contribution in [-0.2, 0) is 33.7 Å². The molecule has 0 atom stereocenters. The van der Waals surface area contributed by atoms with E-state index in [0.717, 1.165) is 32.3 Å². The van der Waals surface area contributed by atoms with Crippen molar-refractivity contribution < 1.29 is 24.2 Å². The Balaban J connectivity index is 1.61. The minimum absolute atomic E-state index is 0.0332. The summed E-state index contributed by atoms with van der Waals surface area (Å²) in [6, 6.07) is 9.53. The summed E-state index contributed by atoms with van der Waals surface area (Å²) in [6.07, 6.45) is 4.45. The van der Waals surface area contributed by atoms with Gasteiger partial charge in [-0.1, -0.05) is 6.07 Å². The maximum Gasteiger partial charge on any atom is 0.320 e. The third-order valence-electron chi connectivity index (χ3n) is 5.17. The first-order valence-corrected chi connectivity index (χ1v) is 12.4. The van der Waals surface area contributed by atoms with Gasteiger partial charge in [0.25, 0.3) is 0 Å². The maximum absolute atomic E-state index is 11.8. The summed E-state index contributed by atoms with van der Waals surface area (Å²) in [5.41, 5.74) is 3.85. The summed E-state index contributed by atoms with van der Waals surface area (Å²) in [5, 5.41) is 13.1. The zero-order chi connectivity index (χ0) is 25.2. The molecule has 35 heavy (non-hydrogen) atoms. The first-order valence-electron chi connectivity index (χ1n) is 11.5. The number of ether oxygens (including phenoxy) is 2. The molecule has 0 fully saturated rings. The van der Waals surface area contributed by atoms with Crippen molar-refractivity contribution in [1.82, 2.24) is 15.3 Å². The van der Waals surface area contributed by atoms with E-state index in [1.54, 1.807) is 37.6 Å². The molecule has 0 aliphatic heterocycles. The maximum atomic E-state index is 11.8. The number of carboxylic acids is 1. The lowest BCUT2D eigenvalue weighted by Gasteiger charge is -2.14. The highest BCUT2D eigenvalue weighted by molar-refractivity contribution is 7.15. The zero-order valence-corrected chi connectivity index (χ0v) is 21.1. The van der Waals surface area contributed by atoms with Crippen molar-refractivity contribution in [2.45, 2.75) is 52.7 Å². The van der Waals surface area contributed by atoms with E-state index in [9.17, 15) is 9.59 Å². The summed E-state index contributed by atoms with van der Waals surface area (Å²) in [4.78, 5) is 32.8. The fraction of sp³-hybridized carbons (Fsp3) is 0.385. The van der Waals surface area contributed by atoms with Crippen molar-refractivity contribution in [3.63, 3.8) is 0 Å². The number of carboxylic acid groups (broad SMARTS) is 1. The van der Waals surface area contributed by atoms with E-state index in [0.29, 0.717) is 31.7 Å². The number of nitrogens with one attached hydrogen (secondary N) is 1. The van der Waals surface area contributed by atoms with Crippen LogP contribution in [0.1, 0.15) is 42.0 Å². The Bertz CT molecular complexity index is 1130. The van der Waals surface area contributed by atoms with Crippen LogP contribution in [-0.4, -0.2) is 46.3 Å². The molecule has 0 aliphatic rings. The van der Waals surface area contributed by atoms with Gasteiger partial charge >= 0.3 is 11.9 Å². The minimum atomic E-state index is -0.852. The second kappa shape index (κ2) is 13.0. The van der Waals surface area contributed by atoms with Gasteiger partial charge in [-0.25, -0.2) is 4.98 Å². The molecule has 0 unspecified atom stereocenters. The van der Waals surface area contributed by atoms with Crippen LogP contribution in [0.2, 0.25) is 0 Å². The number of aryl methyl sites for hydroxylation is 2. The van der Waals surface area contributed by atoms with Crippen LogP contribution in [0.25, 0.3) is 10.6 Å². The Morgan fingerprint density at radius 1 is 1.11 bits per heavy atom. The molecule has 1 aromatic carbocycles. The highest BCUT2D eigenvalue weighted by atomic mass is 32.1. The molecule has 0 saturated carbocycles. The number of rotatable bonds is 13. The van der Waals surface area contributed by atoms with Crippen molar-refractivity contribution in [2.75, 3.05) is 13.2 Å². The molecule has 2 heterocycles. The van der Waals surface area contributed by atoms with Crippen LogP contribution in [0.3, 0.4) is 0 Å². The molecule has 0 radical (unpaired) electrons. The van der Waals surface area contributed by atoms with E-state index in [-0.39, 0.29) is 25.0 Å². The fourth-order valence-corrected chi connectivity index (χ4v) is 4.45. The predicted octanol–water partition coefficient (Wildman–Crippen LogP) is 4.19. The van der Waals surface area contributed by atoms with Gasteiger partial charge in [0.2, 0.25) is 0 Å². The molecule has 0 saturated heterocycles. The third kappa shape index (κ3) is 8.45. The van der Waals surface area contributed by atoms with E-state index in [2.05, 4.69) is 17.2 Å². The predicted molar refractivity (Wildman–Crippen MR) is 135 cm³/mol. The summed E-state index contributed by atoms with van der Waals surface area (Å²) >= 11 is 1.65. The summed E-state index contributed by atoms with van der Waals surface area (Å²) < 4.78 is 11.1. The topological polar surface area (TPSA) is 111 Å². The molecule has 2 aromatic heterocycles. The van der Waals surface area contributed by atoms with E-state index in [1.807, 2.05) is 30.3 Å². The van der Waals surface area contributed by atoms with Crippen molar-refractivity contribution in [3.05, 3.63) is 64.4 Å². The molecule has 8 nitrogen and oxygen atoms in total. The molecule has 0 spiro atoms. The Morgan fingerprint density at radius 2 is 1.89 bits per heavy atom. The molecule has 0 aliphatic carbocycles. The SMILES string of the molecule is Cc1sc(-c2ccncc2)nc1CCOc1ccc(CCC(=O)O)c(CNCC(=O)OC(C)C)c1. The number of hydrogen-bond acceptors (Lipinski definition) is 8. The first-order chi connectivity index (χ1) is 16.8. The van der Waals surface area contributed by atoms with Gasteiger partial charge in [-0.3, -0.25) is 14.6 Å². The van der Waals surface area contributed by atoms with Gasteiger partial charge in [0.1, 0.15) is 10.8 Å². The monoisotopic (exact) mass is 497 g/mol. The molecule has 186 valence electrons. The van der Waals surface area contributed by atoms with Gasteiger partial charge in [0.15, 0.2) is 0 Å². The third-order valence-corrected chi connectivity index (χ3v) is 6.23. The van der Waals surface area contributed by atoms with Crippen molar-refractivity contribution in [1.29, 1.82) is 0 Å². The fourth-order valence-electron chi connectivity index (χ4n) is 3.49. The second-order valence-corrected chi connectivity index (χ2v) is 9.53. The van der Waals surface area contributed by atoms with E-state index in [4.69, 9.17) is 19.6 Å². The van der Waals surface area contributed by atoms with Gasteiger partial charge in [-0.05, 0) is 62.6 Å². The normalized spacial score (nSPS) is 11.0. The lowest BCUT2D eigenvalue weighted by molar-refractivity contribution is -0.146. The number of carbonyl (C=O) groups is 2. The Kier molecular flexibility index (Phi) is 9.75. The summed E-state index contributed by atoms with van der Waals surface area (Å²) in [5.74, 6) is -0.494. The number of thiazole rings is 1. The lowest BCUT2D eigenvalue weighted by Crippen LogP contribution is -2.26. The summed E-state index contributed by atoms with van der Waals surface area (Å²) in [6.45, 7) is 6.60. The average Bonchev–Trinajstić information content (AvgIpc) is 3.19.